The Kier molecular flexibility index (Phi) is 5.16. The molecule has 5 heteroatoms. The first-order valence-electron chi connectivity index (χ1n) is 6.66. The molecule has 1 aliphatic rings. The van der Waals surface area contributed by atoms with E-state index in [9.17, 15) is 8.78 Å². The second-order valence-corrected chi connectivity index (χ2v) is 5.94. The number of hydrogen-bond acceptors (Lipinski definition) is 2. The van der Waals surface area contributed by atoms with Crippen LogP contribution in [0.5, 0.6) is 0 Å². The lowest BCUT2D eigenvalue weighted by molar-refractivity contribution is 0.179. The lowest BCUT2D eigenvalue weighted by atomic mass is 10.0. The summed E-state index contributed by atoms with van der Waals surface area (Å²) in [6.07, 6.45) is 4.70. The van der Waals surface area contributed by atoms with Gasteiger partial charge in [0.25, 0.3) is 0 Å². The molecule has 2 nitrogen and oxygen atoms in total. The molecule has 0 aromatic heterocycles. The lowest BCUT2D eigenvalue weighted by Crippen LogP contribution is -2.37. The van der Waals surface area contributed by atoms with E-state index in [0.29, 0.717) is 22.7 Å². The maximum Gasteiger partial charge on any atom is 0.150 e. The van der Waals surface area contributed by atoms with Gasteiger partial charge in [0, 0.05) is 23.1 Å². The first kappa shape index (κ1) is 14.7. The maximum absolute atomic E-state index is 13.6. The SMILES string of the molecule is CN1CCCCC1CCNc1c(F)cc(F)cc1Br. The van der Waals surface area contributed by atoms with Crippen LogP contribution in [-0.4, -0.2) is 31.1 Å². The third-order valence-corrected chi connectivity index (χ3v) is 4.33. The number of nitrogens with zero attached hydrogens (tertiary/aromatic N) is 1. The smallest absolute Gasteiger partial charge is 0.150 e. The second kappa shape index (κ2) is 6.66. The Morgan fingerprint density at radius 3 is 2.84 bits per heavy atom. The maximum atomic E-state index is 13.6. The summed E-state index contributed by atoms with van der Waals surface area (Å²) < 4.78 is 27.0. The predicted octanol–water partition coefficient (Wildman–Crippen LogP) is 4.01. The number of rotatable bonds is 4. The van der Waals surface area contributed by atoms with Gasteiger partial charge in [0.15, 0.2) is 0 Å². The van der Waals surface area contributed by atoms with E-state index in [-0.39, 0.29) is 0 Å². The molecule has 1 N–H and O–H groups in total. The number of nitrogens with one attached hydrogen (secondary N) is 1. The lowest BCUT2D eigenvalue weighted by Gasteiger charge is -2.32. The minimum atomic E-state index is -0.568. The number of halogens is 3. The van der Waals surface area contributed by atoms with E-state index in [4.69, 9.17) is 0 Å². The van der Waals surface area contributed by atoms with Crippen molar-refractivity contribution in [1.29, 1.82) is 0 Å². The highest BCUT2D eigenvalue weighted by atomic mass is 79.9. The van der Waals surface area contributed by atoms with E-state index in [1.54, 1.807) is 0 Å². The molecule has 1 heterocycles. The van der Waals surface area contributed by atoms with Crippen LogP contribution in [-0.2, 0) is 0 Å². The molecule has 0 spiro atoms. The molecule has 1 aliphatic heterocycles. The van der Waals surface area contributed by atoms with Gasteiger partial charge in [0.2, 0.25) is 0 Å². The van der Waals surface area contributed by atoms with Crippen LogP contribution in [0, 0.1) is 11.6 Å². The quantitative estimate of drug-likeness (QED) is 0.896. The van der Waals surface area contributed by atoms with Gasteiger partial charge in [-0.25, -0.2) is 8.78 Å². The molecule has 1 fully saturated rings. The zero-order chi connectivity index (χ0) is 13.8. The van der Waals surface area contributed by atoms with Crippen molar-refractivity contribution in [1.82, 2.24) is 4.90 Å². The molecule has 0 bridgehead atoms. The van der Waals surface area contributed by atoms with Gasteiger partial charge >= 0.3 is 0 Å². The predicted molar refractivity (Wildman–Crippen MR) is 77.4 cm³/mol. The minimum absolute atomic E-state index is 0.347. The van der Waals surface area contributed by atoms with Gasteiger partial charge in [0.1, 0.15) is 11.6 Å². The summed E-state index contributed by atoms with van der Waals surface area (Å²) in [6, 6.07) is 2.74. The van der Waals surface area contributed by atoms with Crippen LogP contribution < -0.4 is 5.32 Å². The van der Waals surface area contributed by atoms with Crippen molar-refractivity contribution < 1.29 is 8.78 Å². The fourth-order valence-corrected chi connectivity index (χ4v) is 3.13. The van der Waals surface area contributed by atoms with Gasteiger partial charge in [-0.2, -0.15) is 0 Å². The van der Waals surface area contributed by atoms with Crippen LogP contribution in [0.4, 0.5) is 14.5 Å². The topological polar surface area (TPSA) is 15.3 Å². The number of piperidine rings is 1. The summed E-state index contributed by atoms with van der Waals surface area (Å²) in [5.41, 5.74) is 0.347. The van der Waals surface area contributed by atoms with Crippen LogP contribution in [0.2, 0.25) is 0 Å². The molecule has 1 saturated heterocycles. The molecule has 1 atom stereocenters. The summed E-state index contributed by atoms with van der Waals surface area (Å²) in [7, 11) is 2.14. The summed E-state index contributed by atoms with van der Waals surface area (Å²) in [5.74, 6) is -1.12. The average Bonchev–Trinajstić information content (AvgIpc) is 2.34. The molecule has 0 amide bonds. The van der Waals surface area contributed by atoms with E-state index in [1.807, 2.05) is 0 Å². The van der Waals surface area contributed by atoms with Crippen LogP contribution in [0.1, 0.15) is 25.7 Å². The first-order valence-corrected chi connectivity index (χ1v) is 7.46. The van der Waals surface area contributed by atoms with Crippen LogP contribution in [0.25, 0.3) is 0 Å². The van der Waals surface area contributed by atoms with E-state index >= 15 is 0 Å². The van der Waals surface area contributed by atoms with Gasteiger partial charge in [-0.05, 0) is 54.9 Å². The highest BCUT2D eigenvalue weighted by Gasteiger charge is 2.18. The molecule has 0 aliphatic carbocycles. The van der Waals surface area contributed by atoms with Crippen molar-refractivity contribution in [3.63, 3.8) is 0 Å². The minimum Gasteiger partial charge on any atom is -0.382 e. The Morgan fingerprint density at radius 1 is 1.37 bits per heavy atom. The Hall–Kier alpha value is -0.680. The normalized spacial score (nSPS) is 20.5. The van der Waals surface area contributed by atoms with Gasteiger partial charge in [-0.1, -0.05) is 6.42 Å². The summed E-state index contributed by atoms with van der Waals surface area (Å²) in [6.45, 7) is 1.83. The molecule has 106 valence electrons. The molecular formula is C14H19BrF2N2. The van der Waals surface area contributed by atoms with Gasteiger partial charge in [-0.3, -0.25) is 0 Å². The van der Waals surface area contributed by atoms with E-state index in [1.165, 1.54) is 25.3 Å². The Labute approximate surface area is 121 Å². The molecular weight excluding hydrogens is 314 g/mol. The van der Waals surface area contributed by atoms with Gasteiger partial charge < -0.3 is 10.2 Å². The fourth-order valence-electron chi connectivity index (χ4n) is 2.58. The van der Waals surface area contributed by atoms with Crippen LogP contribution >= 0.6 is 15.9 Å². The molecule has 0 radical (unpaired) electrons. The zero-order valence-corrected chi connectivity index (χ0v) is 12.6. The zero-order valence-electron chi connectivity index (χ0n) is 11.1. The van der Waals surface area contributed by atoms with Crippen molar-refractivity contribution in [3.05, 3.63) is 28.2 Å². The monoisotopic (exact) mass is 332 g/mol. The largest absolute Gasteiger partial charge is 0.382 e. The second-order valence-electron chi connectivity index (χ2n) is 5.09. The van der Waals surface area contributed by atoms with Crippen molar-refractivity contribution in [3.8, 4) is 0 Å². The average molecular weight is 333 g/mol. The van der Waals surface area contributed by atoms with E-state index in [0.717, 1.165) is 19.0 Å². The van der Waals surface area contributed by atoms with Crippen LogP contribution in [0.15, 0.2) is 16.6 Å². The standard InChI is InChI=1S/C14H19BrF2N2/c1-19-7-3-2-4-11(19)5-6-18-14-12(15)8-10(16)9-13(14)17/h8-9,11,18H,2-7H2,1H3. The number of anilines is 1. The molecule has 0 saturated carbocycles. The molecule has 2 rings (SSSR count). The van der Waals surface area contributed by atoms with E-state index < -0.39 is 11.6 Å². The van der Waals surface area contributed by atoms with Gasteiger partial charge in [0.05, 0.1) is 5.69 Å². The number of likely N-dealkylation sites (tertiary alicyclic amines) is 1. The molecule has 1 aromatic carbocycles. The molecule has 19 heavy (non-hydrogen) atoms. The Balaban J connectivity index is 1.89. The molecule has 1 unspecified atom stereocenters. The molecule has 1 aromatic rings. The summed E-state index contributed by atoms with van der Waals surface area (Å²) >= 11 is 3.18. The third-order valence-electron chi connectivity index (χ3n) is 3.71. The highest BCUT2D eigenvalue weighted by Crippen LogP contribution is 2.27. The van der Waals surface area contributed by atoms with Crippen LogP contribution in [0.3, 0.4) is 0 Å². The number of benzene rings is 1. The summed E-state index contributed by atoms with van der Waals surface area (Å²) in [5, 5.41) is 3.06. The Bertz CT molecular complexity index is 416. The van der Waals surface area contributed by atoms with Crippen molar-refractivity contribution in [2.45, 2.75) is 31.7 Å². The first-order chi connectivity index (χ1) is 9.08. The van der Waals surface area contributed by atoms with Crippen molar-refractivity contribution in [2.24, 2.45) is 0 Å². The highest BCUT2D eigenvalue weighted by molar-refractivity contribution is 9.10. The van der Waals surface area contributed by atoms with Crippen molar-refractivity contribution in [2.75, 3.05) is 25.5 Å². The summed E-state index contributed by atoms with van der Waals surface area (Å²) in [4.78, 5) is 2.36. The van der Waals surface area contributed by atoms with E-state index in [2.05, 4.69) is 33.2 Å². The fraction of sp³-hybridized carbons (Fsp3) is 0.571. The third kappa shape index (κ3) is 3.89. The van der Waals surface area contributed by atoms with Gasteiger partial charge in [-0.15, -0.1) is 0 Å². The Morgan fingerprint density at radius 2 is 2.16 bits per heavy atom. The number of hydrogen-bond donors (Lipinski definition) is 1. The van der Waals surface area contributed by atoms with Crippen molar-refractivity contribution >= 4 is 21.6 Å².